The molecule has 3 aromatic heterocycles. The predicted octanol–water partition coefficient (Wildman–Crippen LogP) is 2.47. The third-order valence-electron chi connectivity index (χ3n) is 4.50. The van der Waals surface area contributed by atoms with Gasteiger partial charge in [-0.2, -0.15) is 18.3 Å². The number of amides is 1. The zero-order valence-electron chi connectivity index (χ0n) is 13.0. The van der Waals surface area contributed by atoms with E-state index in [1.165, 1.54) is 0 Å². The lowest BCUT2D eigenvalue weighted by Gasteiger charge is -2.15. The maximum absolute atomic E-state index is 12.3. The first kappa shape index (κ1) is 15.9. The van der Waals surface area contributed by atoms with Crippen LogP contribution in [0.1, 0.15) is 31.7 Å². The van der Waals surface area contributed by atoms with E-state index in [9.17, 15) is 18.0 Å². The number of nitrogens with zero attached hydrogens (tertiary/aromatic N) is 4. The number of fused-ring (bicyclic) bond motifs is 3. The minimum atomic E-state index is -4.49. The molecule has 1 saturated carbocycles. The quantitative estimate of drug-likeness (QED) is 0.758. The lowest BCUT2D eigenvalue weighted by atomic mass is 10.2. The summed E-state index contributed by atoms with van der Waals surface area (Å²) in [6.07, 6.45) is -0.728. The molecular weight excluding hydrogens is 337 g/mol. The maximum Gasteiger partial charge on any atom is 0.397 e. The minimum Gasteiger partial charge on any atom is -0.353 e. The SMILES string of the molecule is O=C(CC(F)(F)F)N[C@H]1CC[C@H](n2[nH]nc3cnc4nccc4c32)C1. The molecule has 132 valence electrons. The number of H-pyrrole nitrogens is 1. The summed E-state index contributed by atoms with van der Waals surface area (Å²) in [5.41, 5.74) is 2.19. The van der Waals surface area contributed by atoms with E-state index in [0.29, 0.717) is 24.0 Å². The van der Waals surface area contributed by atoms with Crippen LogP contribution < -0.4 is 5.32 Å². The van der Waals surface area contributed by atoms with E-state index in [1.54, 1.807) is 12.4 Å². The number of hydrogen-bond donors (Lipinski definition) is 2. The van der Waals surface area contributed by atoms with Crippen LogP contribution >= 0.6 is 0 Å². The molecule has 25 heavy (non-hydrogen) atoms. The monoisotopic (exact) mass is 352 g/mol. The van der Waals surface area contributed by atoms with Gasteiger partial charge in [0.25, 0.3) is 0 Å². The maximum atomic E-state index is 12.3. The van der Waals surface area contributed by atoms with Crippen LogP contribution in [0.2, 0.25) is 0 Å². The van der Waals surface area contributed by atoms with Crippen LogP contribution in [0.5, 0.6) is 0 Å². The summed E-state index contributed by atoms with van der Waals surface area (Å²) in [6.45, 7) is 0. The highest BCUT2D eigenvalue weighted by molar-refractivity contribution is 6.00. The molecule has 2 atom stereocenters. The summed E-state index contributed by atoms with van der Waals surface area (Å²) in [5, 5.41) is 10.5. The van der Waals surface area contributed by atoms with Gasteiger partial charge in [0.2, 0.25) is 5.91 Å². The van der Waals surface area contributed by atoms with E-state index < -0.39 is 18.5 Å². The standard InChI is InChI=1S/C15H15F3N6O/c16-15(17,18)6-12(25)21-8-1-2-9(5-8)24-13-10-3-4-19-14(10)20-7-11(13)22-23-24/h3-4,7-9,23H,1-2,5-6H2,(H,21,25)/t8-,9-/m0/s1. The van der Waals surface area contributed by atoms with E-state index >= 15 is 0 Å². The topological polar surface area (TPSA) is 88.5 Å². The lowest BCUT2D eigenvalue weighted by molar-refractivity contribution is -0.154. The van der Waals surface area contributed by atoms with Crippen molar-refractivity contribution in [2.75, 3.05) is 0 Å². The minimum absolute atomic E-state index is 0.0155. The zero-order chi connectivity index (χ0) is 17.6. The van der Waals surface area contributed by atoms with E-state index in [-0.39, 0.29) is 12.1 Å². The second kappa shape index (κ2) is 5.71. The Morgan fingerprint density at radius 3 is 3.00 bits per heavy atom. The Morgan fingerprint density at radius 1 is 1.36 bits per heavy atom. The van der Waals surface area contributed by atoms with Crippen LogP contribution in [-0.4, -0.2) is 43.1 Å². The van der Waals surface area contributed by atoms with Crippen LogP contribution in [0.25, 0.3) is 22.1 Å². The molecule has 7 nitrogen and oxygen atoms in total. The number of carbonyl (C=O) groups is 1. The van der Waals surface area contributed by atoms with E-state index in [2.05, 4.69) is 25.6 Å². The largest absolute Gasteiger partial charge is 0.397 e. The number of halogens is 3. The molecule has 0 bridgehead atoms. The van der Waals surface area contributed by atoms with Gasteiger partial charge in [-0.25, -0.2) is 15.2 Å². The van der Waals surface area contributed by atoms with Gasteiger partial charge in [-0.3, -0.25) is 9.48 Å². The summed E-state index contributed by atoms with van der Waals surface area (Å²) in [4.78, 5) is 19.9. The number of alkyl halides is 3. The van der Waals surface area contributed by atoms with Gasteiger partial charge in [-0.15, -0.1) is 0 Å². The highest BCUT2D eigenvalue weighted by atomic mass is 19.4. The zero-order valence-corrected chi connectivity index (χ0v) is 13.0. The molecule has 0 unspecified atom stereocenters. The third-order valence-corrected chi connectivity index (χ3v) is 4.50. The van der Waals surface area contributed by atoms with E-state index in [4.69, 9.17) is 0 Å². The first-order chi connectivity index (χ1) is 11.9. The second-order valence-corrected chi connectivity index (χ2v) is 6.28. The highest BCUT2D eigenvalue weighted by Gasteiger charge is 2.34. The molecule has 1 aliphatic rings. The number of hydrogen-bond acceptors (Lipinski definition) is 4. The molecule has 4 rings (SSSR count). The molecule has 0 saturated heterocycles. The molecule has 0 aromatic carbocycles. The molecule has 0 spiro atoms. The number of nitrogens with one attached hydrogen (secondary N) is 2. The smallest absolute Gasteiger partial charge is 0.353 e. The Hall–Kier alpha value is -2.65. The second-order valence-electron chi connectivity index (χ2n) is 6.28. The normalized spacial score (nSPS) is 21.2. The van der Waals surface area contributed by atoms with Crippen molar-refractivity contribution >= 4 is 28.0 Å². The van der Waals surface area contributed by atoms with Crippen molar-refractivity contribution < 1.29 is 18.0 Å². The number of aromatic amines is 1. The van der Waals surface area contributed by atoms with Gasteiger partial charge in [0, 0.05) is 17.6 Å². The molecule has 0 aliphatic heterocycles. The highest BCUT2D eigenvalue weighted by Crippen LogP contribution is 2.33. The fourth-order valence-electron chi connectivity index (χ4n) is 3.48. The molecule has 1 fully saturated rings. The van der Waals surface area contributed by atoms with Crippen molar-refractivity contribution in [1.29, 1.82) is 0 Å². The number of carbonyl (C=O) groups excluding carboxylic acids is 1. The van der Waals surface area contributed by atoms with Crippen LogP contribution in [0.15, 0.2) is 18.5 Å². The molecule has 3 aromatic rings. The van der Waals surface area contributed by atoms with Gasteiger partial charge in [-0.1, -0.05) is 0 Å². The van der Waals surface area contributed by atoms with Gasteiger partial charge in [0.15, 0.2) is 5.65 Å². The van der Waals surface area contributed by atoms with Gasteiger partial charge in [0.05, 0.1) is 17.8 Å². The Labute approximate surface area is 139 Å². The fraction of sp³-hybridized carbons (Fsp3) is 0.467. The van der Waals surface area contributed by atoms with Crippen LogP contribution in [0.3, 0.4) is 0 Å². The molecule has 10 heteroatoms. The average molecular weight is 352 g/mol. The van der Waals surface area contributed by atoms with Crippen molar-refractivity contribution in [3.8, 4) is 0 Å². The lowest BCUT2D eigenvalue weighted by Crippen LogP contribution is -2.35. The molecule has 0 radical (unpaired) electrons. The third kappa shape index (κ3) is 3.03. The van der Waals surface area contributed by atoms with Gasteiger partial charge in [-0.05, 0) is 25.3 Å². The summed E-state index contributed by atoms with van der Waals surface area (Å²) in [5.74, 6) is -0.982. The van der Waals surface area contributed by atoms with Gasteiger partial charge in [0.1, 0.15) is 11.9 Å². The first-order valence-corrected chi connectivity index (χ1v) is 7.93. The van der Waals surface area contributed by atoms with Crippen molar-refractivity contribution in [3.05, 3.63) is 18.5 Å². The molecule has 2 N–H and O–H groups in total. The molecular formula is C15H15F3N6O. The number of pyridine rings is 1. The Kier molecular flexibility index (Phi) is 3.62. The fourth-order valence-corrected chi connectivity index (χ4v) is 3.48. The van der Waals surface area contributed by atoms with Crippen LogP contribution in [-0.2, 0) is 4.79 Å². The average Bonchev–Trinajstić information content (AvgIpc) is 3.22. The number of rotatable bonds is 3. The predicted molar refractivity (Wildman–Crippen MR) is 82.7 cm³/mol. The molecule has 3 heterocycles. The van der Waals surface area contributed by atoms with Crippen molar-refractivity contribution in [3.63, 3.8) is 0 Å². The van der Waals surface area contributed by atoms with E-state index in [0.717, 1.165) is 17.3 Å². The van der Waals surface area contributed by atoms with Crippen molar-refractivity contribution in [2.24, 2.45) is 0 Å². The van der Waals surface area contributed by atoms with Crippen molar-refractivity contribution in [1.82, 2.24) is 30.3 Å². The van der Waals surface area contributed by atoms with Crippen molar-refractivity contribution in [2.45, 2.75) is 43.9 Å². The van der Waals surface area contributed by atoms with Gasteiger partial charge < -0.3 is 5.32 Å². The van der Waals surface area contributed by atoms with Crippen LogP contribution in [0.4, 0.5) is 13.2 Å². The number of aromatic nitrogens is 5. The Balaban J connectivity index is 1.53. The van der Waals surface area contributed by atoms with Crippen LogP contribution in [0, 0.1) is 0 Å². The summed E-state index contributed by atoms with van der Waals surface area (Å²) in [6, 6.07) is 1.59. The Morgan fingerprint density at radius 2 is 2.20 bits per heavy atom. The van der Waals surface area contributed by atoms with Gasteiger partial charge >= 0.3 is 6.18 Å². The van der Waals surface area contributed by atoms with E-state index in [1.807, 2.05) is 10.7 Å². The summed E-state index contributed by atoms with van der Waals surface area (Å²) in [7, 11) is 0. The Bertz CT molecular complexity index is 930. The molecule has 1 amide bonds. The summed E-state index contributed by atoms with van der Waals surface area (Å²) < 4.78 is 38.7. The first-order valence-electron chi connectivity index (χ1n) is 7.93. The molecule has 1 aliphatic carbocycles. The summed E-state index contributed by atoms with van der Waals surface area (Å²) >= 11 is 0.